The summed E-state index contributed by atoms with van der Waals surface area (Å²) in [7, 11) is 2.60. The quantitative estimate of drug-likeness (QED) is 0.736. The molecule has 0 saturated carbocycles. The van der Waals surface area contributed by atoms with Crippen LogP contribution in [-0.2, 0) is 9.47 Å². The van der Waals surface area contributed by atoms with Crippen LogP contribution in [0.5, 0.6) is 0 Å². The first-order chi connectivity index (χ1) is 11.2. The number of para-hydroxylation sites is 2. The van der Waals surface area contributed by atoms with E-state index in [0.717, 1.165) is 11.0 Å². The van der Waals surface area contributed by atoms with Crippen LogP contribution in [-0.4, -0.2) is 36.1 Å². The second-order valence-electron chi connectivity index (χ2n) is 4.48. The highest BCUT2D eigenvalue weighted by atomic mass is 16.5. The molecule has 6 nitrogen and oxygen atoms in total. The zero-order valence-corrected chi connectivity index (χ0v) is 12.8. The van der Waals surface area contributed by atoms with Gasteiger partial charge in [-0.2, -0.15) is 0 Å². The lowest BCUT2D eigenvalue weighted by molar-refractivity contribution is 0.0586. The molecule has 0 atom stereocenters. The molecule has 0 amide bonds. The number of benzene rings is 2. The standard InChI is InChI=1S/C10H10O4.C7H6N2/c1-13-9(11)7-3-5-8(6-4-7)10(12)14-2;1-2-4-7-6(3-1)8-5-9-7/h3-6H,1-2H3;1-5H,(H,8,9). The second kappa shape index (κ2) is 7.74. The Morgan fingerprint density at radius 2 is 1.39 bits per heavy atom. The average molecular weight is 312 g/mol. The maximum Gasteiger partial charge on any atom is 0.337 e. The molecular formula is C17H16N2O4. The minimum Gasteiger partial charge on any atom is -0.465 e. The van der Waals surface area contributed by atoms with E-state index in [9.17, 15) is 9.59 Å². The van der Waals surface area contributed by atoms with Crippen molar-refractivity contribution < 1.29 is 19.1 Å². The minimum absolute atomic E-state index is 0.403. The van der Waals surface area contributed by atoms with Crippen LogP contribution in [0, 0.1) is 0 Å². The number of hydrogen-bond donors (Lipinski definition) is 1. The summed E-state index contributed by atoms with van der Waals surface area (Å²) in [6.45, 7) is 0. The Morgan fingerprint density at radius 1 is 0.870 bits per heavy atom. The molecule has 23 heavy (non-hydrogen) atoms. The zero-order chi connectivity index (χ0) is 16.7. The van der Waals surface area contributed by atoms with Crippen molar-refractivity contribution >= 4 is 23.0 Å². The maximum absolute atomic E-state index is 11.0. The molecule has 1 N–H and O–H groups in total. The fraction of sp³-hybridized carbons (Fsp3) is 0.118. The van der Waals surface area contributed by atoms with Gasteiger partial charge in [0.15, 0.2) is 0 Å². The normalized spacial score (nSPS) is 9.65. The number of carbonyl (C=O) groups excluding carboxylic acids is 2. The SMILES string of the molecule is COC(=O)c1ccc(C(=O)OC)cc1.c1ccc2[nH]cnc2c1. The first-order valence-corrected chi connectivity index (χ1v) is 6.80. The predicted molar refractivity (Wildman–Crippen MR) is 85.2 cm³/mol. The second-order valence-corrected chi connectivity index (χ2v) is 4.48. The Balaban J connectivity index is 0.000000182. The third-order valence-electron chi connectivity index (χ3n) is 3.05. The third kappa shape index (κ3) is 4.16. The van der Waals surface area contributed by atoms with Crippen LogP contribution in [0.2, 0.25) is 0 Å². The molecule has 0 bridgehead atoms. The molecule has 1 aromatic heterocycles. The topological polar surface area (TPSA) is 81.3 Å². The number of carbonyl (C=O) groups is 2. The lowest BCUT2D eigenvalue weighted by Gasteiger charge is -2.00. The summed E-state index contributed by atoms with van der Waals surface area (Å²) in [5.74, 6) is -0.858. The van der Waals surface area contributed by atoms with E-state index in [-0.39, 0.29) is 0 Å². The van der Waals surface area contributed by atoms with Crippen LogP contribution >= 0.6 is 0 Å². The molecule has 0 aliphatic heterocycles. The van der Waals surface area contributed by atoms with Gasteiger partial charge >= 0.3 is 11.9 Å². The molecule has 118 valence electrons. The van der Waals surface area contributed by atoms with Crippen LogP contribution in [0.25, 0.3) is 11.0 Å². The monoisotopic (exact) mass is 312 g/mol. The van der Waals surface area contributed by atoms with Crippen molar-refractivity contribution in [3.05, 3.63) is 66.0 Å². The zero-order valence-electron chi connectivity index (χ0n) is 12.8. The smallest absolute Gasteiger partial charge is 0.337 e. The van der Waals surface area contributed by atoms with Crippen LogP contribution < -0.4 is 0 Å². The van der Waals surface area contributed by atoms with Gasteiger partial charge in [0.05, 0.1) is 42.7 Å². The van der Waals surface area contributed by atoms with Crippen molar-refractivity contribution in [1.29, 1.82) is 0 Å². The Labute approximate surface area is 133 Å². The molecule has 6 heteroatoms. The molecule has 0 saturated heterocycles. The van der Waals surface area contributed by atoms with E-state index in [4.69, 9.17) is 0 Å². The van der Waals surface area contributed by atoms with Crippen LogP contribution in [0.3, 0.4) is 0 Å². The molecule has 0 fully saturated rings. The van der Waals surface area contributed by atoms with E-state index in [1.807, 2.05) is 24.3 Å². The Hall–Kier alpha value is -3.15. The molecule has 0 aliphatic rings. The largest absolute Gasteiger partial charge is 0.465 e. The molecule has 0 aliphatic carbocycles. The number of methoxy groups -OCH3 is 2. The van der Waals surface area contributed by atoms with E-state index >= 15 is 0 Å². The fourth-order valence-corrected chi connectivity index (χ4v) is 1.86. The first-order valence-electron chi connectivity index (χ1n) is 6.80. The summed E-state index contributed by atoms with van der Waals surface area (Å²) in [6.07, 6.45) is 1.70. The van der Waals surface area contributed by atoms with Gasteiger partial charge in [-0.3, -0.25) is 0 Å². The van der Waals surface area contributed by atoms with Gasteiger partial charge in [0.1, 0.15) is 0 Å². The van der Waals surface area contributed by atoms with Crippen molar-refractivity contribution in [3.63, 3.8) is 0 Å². The number of ether oxygens (including phenoxy) is 2. The number of aromatic nitrogens is 2. The highest BCUT2D eigenvalue weighted by molar-refractivity contribution is 5.93. The number of aromatic amines is 1. The van der Waals surface area contributed by atoms with E-state index in [1.54, 1.807) is 6.33 Å². The predicted octanol–water partition coefficient (Wildman–Crippen LogP) is 2.82. The number of nitrogens with one attached hydrogen (secondary N) is 1. The highest BCUT2D eigenvalue weighted by Crippen LogP contribution is 2.06. The van der Waals surface area contributed by atoms with E-state index in [0.29, 0.717) is 11.1 Å². The summed E-state index contributed by atoms with van der Waals surface area (Å²) in [4.78, 5) is 29.1. The van der Waals surface area contributed by atoms with E-state index in [1.165, 1.54) is 38.5 Å². The minimum atomic E-state index is -0.429. The van der Waals surface area contributed by atoms with Gasteiger partial charge in [0.2, 0.25) is 0 Å². The van der Waals surface area contributed by atoms with Gasteiger partial charge in [0, 0.05) is 0 Å². The number of H-pyrrole nitrogens is 1. The van der Waals surface area contributed by atoms with Crippen LogP contribution in [0.1, 0.15) is 20.7 Å². The fourth-order valence-electron chi connectivity index (χ4n) is 1.86. The third-order valence-corrected chi connectivity index (χ3v) is 3.05. The van der Waals surface area contributed by atoms with Gasteiger partial charge < -0.3 is 14.5 Å². The molecule has 3 aromatic rings. The summed E-state index contributed by atoms with van der Waals surface area (Å²) >= 11 is 0. The number of rotatable bonds is 2. The van der Waals surface area contributed by atoms with Crippen molar-refractivity contribution in [1.82, 2.24) is 9.97 Å². The number of nitrogens with zero attached hydrogens (tertiary/aromatic N) is 1. The van der Waals surface area contributed by atoms with Crippen molar-refractivity contribution in [2.75, 3.05) is 14.2 Å². The first kappa shape index (κ1) is 16.2. The summed E-state index contributed by atoms with van der Waals surface area (Å²) in [6, 6.07) is 14.0. The molecule has 0 radical (unpaired) electrons. The summed E-state index contributed by atoms with van der Waals surface area (Å²) in [5, 5.41) is 0. The summed E-state index contributed by atoms with van der Waals surface area (Å²) < 4.78 is 9.02. The van der Waals surface area contributed by atoms with Crippen molar-refractivity contribution in [3.8, 4) is 0 Å². The van der Waals surface area contributed by atoms with Crippen LogP contribution in [0.15, 0.2) is 54.9 Å². The van der Waals surface area contributed by atoms with Crippen molar-refractivity contribution in [2.24, 2.45) is 0 Å². The Morgan fingerprint density at radius 3 is 1.87 bits per heavy atom. The van der Waals surface area contributed by atoms with Gasteiger partial charge in [-0.25, -0.2) is 14.6 Å². The number of hydrogen-bond acceptors (Lipinski definition) is 5. The lowest BCUT2D eigenvalue weighted by atomic mass is 10.1. The number of esters is 2. The number of fused-ring (bicyclic) bond motifs is 1. The number of imidazole rings is 1. The van der Waals surface area contributed by atoms with Gasteiger partial charge in [-0.1, -0.05) is 12.1 Å². The van der Waals surface area contributed by atoms with Crippen molar-refractivity contribution in [2.45, 2.75) is 0 Å². The highest BCUT2D eigenvalue weighted by Gasteiger charge is 2.08. The van der Waals surface area contributed by atoms with Crippen LogP contribution in [0.4, 0.5) is 0 Å². The molecule has 1 heterocycles. The van der Waals surface area contributed by atoms with E-state index < -0.39 is 11.9 Å². The van der Waals surface area contributed by atoms with Gasteiger partial charge in [-0.05, 0) is 36.4 Å². The Kier molecular flexibility index (Phi) is 5.46. The molecule has 0 unspecified atom stereocenters. The molecule has 2 aromatic carbocycles. The molecular weight excluding hydrogens is 296 g/mol. The van der Waals surface area contributed by atoms with Gasteiger partial charge in [0.25, 0.3) is 0 Å². The average Bonchev–Trinajstić information content (AvgIpc) is 3.09. The lowest BCUT2D eigenvalue weighted by Crippen LogP contribution is -2.04. The van der Waals surface area contributed by atoms with Gasteiger partial charge in [-0.15, -0.1) is 0 Å². The Bertz CT molecular complexity index is 728. The molecule has 3 rings (SSSR count). The maximum atomic E-state index is 11.0. The summed E-state index contributed by atoms with van der Waals surface area (Å²) in [5.41, 5.74) is 2.93. The molecule has 0 spiro atoms. The van der Waals surface area contributed by atoms with E-state index in [2.05, 4.69) is 19.4 Å².